The summed E-state index contributed by atoms with van der Waals surface area (Å²) in [4.78, 5) is 4.07. The number of ether oxygens (including phenoxy) is 2. The largest absolute Gasteiger partial charge is 0.507 e. The van der Waals surface area contributed by atoms with Crippen LogP contribution < -0.4 is 5.73 Å². The number of phenols is 1. The average Bonchev–Trinajstić information content (AvgIpc) is 2.34. The molecule has 0 saturated heterocycles. The molecule has 0 atom stereocenters. The molecule has 0 heterocycles. The van der Waals surface area contributed by atoms with Gasteiger partial charge in [0.05, 0.1) is 17.1 Å². The summed E-state index contributed by atoms with van der Waals surface area (Å²) in [7, 11) is 2.97. The van der Waals surface area contributed by atoms with Crippen LogP contribution in [-0.2, 0) is 9.47 Å². The van der Waals surface area contributed by atoms with Crippen LogP contribution in [0.4, 0.5) is 5.69 Å². The summed E-state index contributed by atoms with van der Waals surface area (Å²) >= 11 is 5.54. The van der Waals surface area contributed by atoms with Crippen molar-refractivity contribution in [3.8, 4) is 5.75 Å². The molecular formula is C11H15ClN2O3. The highest BCUT2D eigenvalue weighted by molar-refractivity contribution is 6.28. The molecule has 0 amide bonds. The van der Waals surface area contributed by atoms with Gasteiger partial charge in [-0.2, -0.15) is 0 Å². The Balaban J connectivity index is 3.10. The summed E-state index contributed by atoms with van der Waals surface area (Å²) in [6.07, 6.45) is -0.651. The van der Waals surface area contributed by atoms with E-state index in [4.69, 9.17) is 26.8 Å². The van der Waals surface area contributed by atoms with Gasteiger partial charge in [0.2, 0.25) is 0 Å². The maximum absolute atomic E-state index is 9.69. The van der Waals surface area contributed by atoms with E-state index in [9.17, 15) is 5.11 Å². The van der Waals surface area contributed by atoms with E-state index in [0.29, 0.717) is 17.1 Å². The zero-order chi connectivity index (χ0) is 12.8. The van der Waals surface area contributed by atoms with Crippen LogP contribution in [0, 0.1) is 0 Å². The quantitative estimate of drug-likeness (QED) is 0.366. The third-order valence-corrected chi connectivity index (χ3v) is 2.38. The number of amidine groups is 1. The van der Waals surface area contributed by atoms with E-state index in [1.54, 1.807) is 12.1 Å². The van der Waals surface area contributed by atoms with Gasteiger partial charge >= 0.3 is 0 Å². The minimum Gasteiger partial charge on any atom is -0.507 e. The first kappa shape index (κ1) is 13.8. The van der Waals surface area contributed by atoms with Crippen molar-refractivity contribution in [3.63, 3.8) is 0 Å². The van der Waals surface area contributed by atoms with Gasteiger partial charge in [-0.15, -0.1) is 11.6 Å². The Bertz CT molecular complexity index is 406. The summed E-state index contributed by atoms with van der Waals surface area (Å²) in [5.74, 6) is 0.519. The number of hydrogen-bond acceptors (Lipinski definition) is 4. The fourth-order valence-corrected chi connectivity index (χ4v) is 1.41. The van der Waals surface area contributed by atoms with Gasteiger partial charge in [0.25, 0.3) is 0 Å². The van der Waals surface area contributed by atoms with Crippen LogP contribution in [0.3, 0.4) is 0 Å². The van der Waals surface area contributed by atoms with Crippen LogP contribution >= 0.6 is 11.6 Å². The predicted octanol–water partition coefficient (Wildman–Crippen LogP) is 1.91. The van der Waals surface area contributed by atoms with Crippen LogP contribution in [0.25, 0.3) is 0 Å². The van der Waals surface area contributed by atoms with Crippen LogP contribution in [0.1, 0.15) is 11.9 Å². The Morgan fingerprint density at radius 1 is 1.47 bits per heavy atom. The molecule has 6 heteroatoms. The van der Waals surface area contributed by atoms with Crippen LogP contribution in [-0.4, -0.2) is 31.0 Å². The first-order valence-corrected chi connectivity index (χ1v) is 5.43. The van der Waals surface area contributed by atoms with Crippen molar-refractivity contribution in [2.24, 2.45) is 10.7 Å². The molecule has 0 aliphatic heterocycles. The number of benzene rings is 1. The summed E-state index contributed by atoms with van der Waals surface area (Å²) in [5, 5.41) is 9.69. The van der Waals surface area contributed by atoms with Gasteiger partial charge in [-0.25, -0.2) is 4.99 Å². The van der Waals surface area contributed by atoms with Crippen LogP contribution in [0.5, 0.6) is 5.75 Å². The molecule has 0 bridgehead atoms. The molecule has 1 rings (SSSR count). The summed E-state index contributed by atoms with van der Waals surface area (Å²) in [5.41, 5.74) is 6.59. The molecule has 0 unspecified atom stereocenters. The molecular weight excluding hydrogens is 244 g/mol. The molecule has 1 aromatic rings. The molecule has 1 aromatic carbocycles. The molecule has 17 heavy (non-hydrogen) atoms. The smallest absolute Gasteiger partial charge is 0.186 e. The molecule has 0 radical (unpaired) electrons. The van der Waals surface area contributed by atoms with Gasteiger partial charge in [0, 0.05) is 14.2 Å². The number of rotatable bonds is 5. The molecule has 94 valence electrons. The zero-order valence-corrected chi connectivity index (χ0v) is 10.4. The first-order chi connectivity index (χ1) is 8.12. The molecule has 0 aliphatic rings. The molecule has 0 saturated carbocycles. The highest BCUT2D eigenvalue weighted by Crippen LogP contribution is 2.30. The number of hydrogen-bond donors (Lipinski definition) is 2. The monoisotopic (exact) mass is 258 g/mol. The zero-order valence-electron chi connectivity index (χ0n) is 9.68. The lowest BCUT2D eigenvalue weighted by atomic mass is 10.1. The van der Waals surface area contributed by atoms with E-state index in [0.717, 1.165) is 0 Å². The van der Waals surface area contributed by atoms with Crippen molar-refractivity contribution >= 4 is 23.1 Å². The van der Waals surface area contributed by atoms with E-state index in [1.807, 2.05) is 0 Å². The second kappa shape index (κ2) is 6.44. The number of nitrogens with two attached hydrogens (primary N) is 1. The summed E-state index contributed by atoms with van der Waals surface area (Å²) < 4.78 is 10.1. The standard InChI is InChI=1S/C11H15ClN2O3/c1-16-11(17-2)8-5-7(3-4-9(8)15)14-10(13)6-12/h3-5,11,15H,6H2,1-2H3,(H2,13,14). The topological polar surface area (TPSA) is 77.1 Å². The van der Waals surface area contributed by atoms with Gasteiger partial charge in [-0.05, 0) is 18.2 Å². The second-order valence-corrected chi connectivity index (χ2v) is 3.55. The van der Waals surface area contributed by atoms with Crippen molar-refractivity contribution in [1.29, 1.82) is 0 Å². The number of aliphatic imine (C=N–C) groups is 1. The number of halogens is 1. The van der Waals surface area contributed by atoms with Crippen LogP contribution in [0.2, 0.25) is 0 Å². The van der Waals surface area contributed by atoms with Gasteiger partial charge in [-0.3, -0.25) is 0 Å². The van der Waals surface area contributed by atoms with Crippen molar-refractivity contribution in [1.82, 2.24) is 0 Å². The predicted molar refractivity (Wildman–Crippen MR) is 66.9 cm³/mol. The molecule has 0 fully saturated rings. The Kier molecular flexibility index (Phi) is 5.21. The van der Waals surface area contributed by atoms with Gasteiger partial charge in [-0.1, -0.05) is 0 Å². The van der Waals surface area contributed by atoms with Gasteiger partial charge in [0.15, 0.2) is 6.29 Å². The Hall–Kier alpha value is -1.30. The maximum atomic E-state index is 9.69. The lowest BCUT2D eigenvalue weighted by Gasteiger charge is -2.15. The fourth-order valence-electron chi connectivity index (χ4n) is 1.35. The maximum Gasteiger partial charge on any atom is 0.186 e. The normalized spacial score (nSPS) is 12.1. The van der Waals surface area contributed by atoms with E-state index in [1.165, 1.54) is 20.3 Å². The first-order valence-electron chi connectivity index (χ1n) is 4.89. The lowest BCUT2D eigenvalue weighted by Crippen LogP contribution is -2.12. The van der Waals surface area contributed by atoms with Crippen molar-refractivity contribution in [3.05, 3.63) is 23.8 Å². The van der Waals surface area contributed by atoms with E-state index >= 15 is 0 Å². The van der Waals surface area contributed by atoms with Gasteiger partial charge in [0.1, 0.15) is 11.6 Å². The summed E-state index contributed by atoms with van der Waals surface area (Å²) in [6, 6.07) is 4.76. The number of nitrogens with zero attached hydrogens (tertiary/aromatic N) is 1. The van der Waals surface area contributed by atoms with Crippen molar-refractivity contribution in [2.75, 3.05) is 20.1 Å². The van der Waals surface area contributed by atoms with Gasteiger partial charge < -0.3 is 20.3 Å². The number of phenolic OH excluding ortho intramolecular Hbond substituents is 1. The van der Waals surface area contributed by atoms with Crippen molar-refractivity contribution < 1.29 is 14.6 Å². The number of aromatic hydroxyl groups is 1. The third-order valence-electron chi connectivity index (χ3n) is 2.10. The highest BCUT2D eigenvalue weighted by atomic mass is 35.5. The molecule has 0 aliphatic carbocycles. The molecule has 5 nitrogen and oxygen atoms in total. The van der Waals surface area contributed by atoms with E-state index < -0.39 is 6.29 Å². The number of alkyl halides is 1. The Morgan fingerprint density at radius 3 is 2.65 bits per heavy atom. The van der Waals surface area contributed by atoms with Crippen LogP contribution in [0.15, 0.2) is 23.2 Å². The minimum absolute atomic E-state index is 0.0714. The van der Waals surface area contributed by atoms with E-state index in [-0.39, 0.29) is 11.6 Å². The molecule has 3 N–H and O–H groups in total. The number of methoxy groups -OCH3 is 2. The molecule has 0 aromatic heterocycles. The van der Waals surface area contributed by atoms with Crippen molar-refractivity contribution in [2.45, 2.75) is 6.29 Å². The minimum atomic E-state index is -0.651. The Labute approximate surface area is 105 Å². The SMILES string of the molecule is COC(OC)c1cc(N=C(N)CCl)ccc1O. The third kappa shape index (κ3) is 3.59. The summed E-state index contributed by atoms with van der Waals surface area (Å²) in [6.45, 7) is 0. The fraction of sp³-hybridized carbons (Fsp3) is 0.364. The van der Waals surface area contributed by atoms with E-state index in [2.05, 4.69) is 4.99 Å². The lowest BCUT2D eigenvalue weighted by molar-refractivity contribution is -0.106. The second-order valence-electron chi connectivity index (χ2n) is 3.28. The highest BCUT2D eigenvalue weighted by Gasteiger charge is 2.14. The Morgan fingerprint density at radius 2 is 2.12 bits per heavy atom. The molecule has 0 spiro atoms. The average molecular weight is 259 g/mol.